The molecule has 1 heteroatoms. The van der Waals surface area contributed by atoms with E-state index in [1.165, 1.54) is 89.0 Å². The quantitative estimate of drug-likeness (QED) is 0.179. The van der Waals surface area contributed by atoms with Gasteiger partial charge in [0.1, 0.15) is 0 Å². The third-order valence-corrected chi connectivity index (χ3v) is 12.6. The summed E-state index contributed by atoms with van der Waals surface area (Å²) in [5, 5.41) is 9.92. The van der Waals surface area contributed by atoms with E-state index in [2.05, 4.69) is 182 Å². The lowest BCUT2D eigenvalue weighted by atomic mass is 9.70. The first-order valence-electron chi connectivity index (χ1n) is 18.2. The minimum Gasteiger partial charge on any atom is -0.300 e. The lowest BCUT2D eigenvalue weighted by Crippen LogP contribution is -2.26. The van der Waals surface area contributed by atoms with Gasteiger partial charge in [0.25, 0.3) is 0 Å². The lowest BCUT2D eigenvalue weighted by Gasteiger charge is -2.31. The van der Waals surface area contributed by atoms with Gasteiger partial charge in [0.2, 0.25) is 0 Å². The van der Waals surface area contributed by atoms with E-state index in [9.17, 15) is 5.41 Å². The highest BCUT2D eigenvalue weighted by Crippen LogP contribution is 2.64. The second-order valence-electron chi connectivity index (χ2n) is 14.7. The van der Waals surface area contributed by atoms with Crippen LogP contribution in [0.4, 0.5) is 0 Å². The Hall–Kier alpha value is -6.57. The molecule has 52 heavy (non-hydrogen) atoms. The van der Waals surface area contributed by atoms with Gasteiger partial charge in [-0.2, -0.15) is 0 Å². The van der Waals surface area contributed by atoms with Crippen LogP contribution in [0.2, 0.25) is 0 Å². The second-order valence-corrected chi connectivity index (χ2v) is 14.7. The normalized spacial score (nSPS) is 14.9. The predicted molar refractivity (Wildman–Crippen MR) is 211 cm³/mol. The van der Waals surface area contributed by atoms with Crippen LogP contribution < -0.4 is 0 Å². The Morgan fingerprint density at radius 3 is 0.769 bits per heavy atom. The van der Waals surface area contributed by atoms with Crippen molar-refractivity contribution in [2.45, 2.75) is 10.8 Å². The van der Waals surface area contributed by atoms with Crippen LogP contribution in [0, 0.1) is 5.41 Å². The van der Waals surface area contributed by atoms with E-state index in [1.54, 1.807) is 0 Å². The molecule has 8 aromatic carbocycles. The highest BCUT2D eigenvalue weighted by atomic mass is 14.5. The molecule has 0 unspecified atom stereocenters. The third kappa shape index (κ3) is 3.15. The average Bonchev–Trinajstić information content (AvgIpc) is 3.89. The fourth-order valence-electron chi connectivity index (χ4n) is 10.7. The minimum atomic E-state index is -0.434. The molecule has 0 heterocycles. The number of hydrogen-bond acceptors (Lipinski definition) is 1. The molecular weight excluding hydrogens is 627 g/mol. The Balaban J connectivity index is 1.08. The summed E-state index contributed by atoms with van der Waals surface area (Å²) < 4.78 is 0. The van der Waals surface area contributed by atoms with Crippen LogP contribution in [0.3, 0.4) is 0 Å². The first-order valence-corrected chi connectivity index (χ1v) is 18.2. The molecule has 0 radical (unpaired) electrons. The van der Waals surface area contributed by atoms with Crippen LogP contribution >= 0.6 is 0 Å². The van der Waals surface area contributed by atoms with Gasteiger partial charge in [0.05, 0.1) is 16.5 Å². The summed E-state index contributed by atoms with van der Waals surface area (Å²) >= 11 is 0. The zero-order valence-electron chi connectivity index (χ0n) is 28.3. The van der Waals surface area contributed by atoms with Gasteiger partial charge < -0.3 is 0 Å². The van der Waals surface area contributed by atoms with Crippen LogP contribution in [0.5, 0.6) is 0 Å². The van der Waals surface area contributed by atoms with E-state index in [0.717, 1.165) is 11.1 Å². The first kappa shape index (κ1) is 28.2. The van der Waals surface area contributed by atoms with Crippen molar-refractivity contribution in [3.05, 3.63) is 238 Å². The van der Waals surface area contributed by atoms with Crippen molar-refractivity contribution < 1.29 is 0 Å². The maximum Gasteiger partial charge on any atom is 0.0725 e. The summed E-state index contributed by atoms with van der Waals surface area (Å²) in [6, 6.07) is 67.0. The van der Waals surface area contributed by atoms with E-state index in [-0.39, 0.29) is 0 Å². The summed E-state index contributed by atoms with van der Waals surface area (Å²) in [6.45, 7) is 0. The van der Waals surface area contributed by atoms with Crippen molar-refractivity contribution in [2.24, 2.45) is 0 Å². The predicted octanol–water partition coefficient (Wildman–Crippen LogP) is 11.8. The molecule has 0 saturated heterocycles. The molecule has 2 spiro atoms. The topological polar surface area (TPSA) is 23.9 Å². The van der Waals surface area contributed by atoms with Gasteiger partial charge in [-0.25, -0.2) is 0 Å². The molecule has 4 aliphatic carbocycles. The standard InChI is InChI=1S/C51H31N/c52-49(31-25-27-39-37-17-5-11-23-45(37)50(47(39)29-31)41-19-7-1-13-33(41)34-14-2-8-20-42(34)50)32-26-28-40-38-18-6-12-24-46(38)51(48(40)30-32)43-21-9-3-15-35(43)36-16-4-10-22-44(36)51/h1-30,52H. The average molecular weight is 658 g/mol. The van der Waals surface area contributed by atoms with E-state index in [4.69, 9.17) is 0 Å². The number of hydrogen-bond donors (Lipinski definition) is 1. The number of benzene rings is 8. The largest absolute Gasteiger partial charge is 0.300 e. The third-order valence-electron chi connectivity index (χ3n) is 12.6. The van der Waals surface area contributed by atoms with Crippen molar-refractivity contribution in [3.63, 3.8) is 0 Å². The van der Waals surface area contributed by atoms with Gasteiger partial charge in [-0.1, -0.05) is 170 Å². The number of nitrogens with one attached hydrogen (secondary N) is 1. The van der Waals surface area contributed by atoms with E-state index in [1.807, 2.05) is 0 Å². The van der Waals surface area contributed by atoms with E-state index < -0.39 is 10.8 Å². The van der Waals surface area contributed by atoms with Crippen LogP contribution in [0.1, 0.15) is 55.6 Å². The SMILES string of the molecule is N=C(c1ccc2c(c1)C1(c3ccccc3-c3ccccc31)c1ccccc1-2)c1ccc2c(c1)C1(c3ccccc3-c3ccccc31)c1ccccc1-2. The zero-order chi connectivity index (χ0) is 34.2. The highest BCUT2D eigenvalue weighted by Gasteiger charge is 2.53. The molecular formula is C51H31N. The minimum absolute atomic E-state index is 0.434. The molecule has 4 aliphatic rings. The van der Waals surface area contributed by atoms with Crippen molar-refractivity contribution in [3.8, 4) is 44.5 Å². The molecule has 0 saturated carbocycles. The maximum atomic E-state index is 9.92. The Labute approximate surface area is 303 Å². The summed E-state index contributed by atoms with van der Waals surface area (Å²) in [7, 11) is 0. The molecule has 8 aromatic rings. The molecule has 0 amide bonds. The Kier molecular flexibility index (Phi) is 5.31. The fraction of sp³-hybridized carbons (Fsp3) is 0.0392. The summed E-state index contributed by atoms with van der Waals surface area (Å²) in [5.41, 5.74) is 22.2. The van der Waals surface area contributed by atoms with Gasteiger partial charge in [-0.05, 0) is 101 Å². The monoisotopic (exact) mass is 657 g/mol. The van der Waals surface area contributed by atoms with Crippen LogP contribution in [-0.2, 0) is 10.8 Å². The Morgan fingerprint density at radius 1 is 0.269 bits per heavy atom. The van der Waals surface area contributed by atoms with E-state index >= 15 is 0 Å². The van der Waals surface area contributed by atoms with Crippen molar-refractivity contribution in [1.29, 1.82) is 5.41 Å². The van der Waals surface area contributed by atoms with Crippen LogP contribution in [0.15, 0.2) is 182 Å². The van der Waals surface area contributed by atoms with Crippen molar-refractivity contribution >= 4 is 5.71 Å². The zero-order valence-corrected chi connectivity index (χ0v) is 28.3. The van der Waals surface area contributed by atoms with Gasteiger partial charge in [-0.15, -0.1) is 0 Å². The number of fused-ring (bicyclic) bond motifs is 20. The fourth-order valence-corrected chi connectivity index (χ4v) is 10.7. The molecule has 0 aliphatic heterocycles. The molecule has 240 valence electrons. The van der Waals surface area contributed by atoms with Crippen LogP contribution in [-0.4, -0.2) is 5.71 Å². The maximum absolute atomic E-state index is 9.92. The second kappa shape index (κ2) is 9.81. The van der Waals surface area contributed by atoms with Gasteiger partial charge in [0.15, 0.2) is 0 Å². The Bertz CT molecular complexity index is 2570. The molecule has 12 rings (SSSR count). The molecule has 0 aromatic heterocycles. The summed E-state index contributed by atoms with van der Waals surface area (Å²) in [5.74, 6) is 0. The summed E-state index contributed by atoms with van der Waals surface area (Å²) in [4.78, 5) is 0. The first-order chi connectivity index (χ1) is 25.7. The number of rotatable bonds is 2. The van der Waals surface area contributed by atoms with Crippen LogP contribution in [0.25, 0.3) is 44.5 Å². The molecule has 0 bridgehead atoms. The summed E-state index contributed by atoms with van der Waals surface area (Å²) in [6.07, 6.45) is 0. The molecule has 1 N–H and O–H groups in total. The van der Waals surface area contributed by atoms with Gasteiger partial charge >= 0.3 is 0 Å². The lowest BCUT2D eigenvalue weighted by molar-refractivity contribution is 0.793. The molecule has 0 fully saturated rings. The smallest absolute Gasteiger partial charge is 0.0725 e. The van der Waals surface area contributed by atoms with Crippen molar-refractivity contribution in [2.75, 3.05) is 0 Å². The highest BCUT2D eigenvalue weighted by molar-refractivity contribution is 6.12. The van der Waals surface area contributed by atoms with Crippen molar-refractivity contribution in [1.82, 2.24) is 0 Å². The molecule has 0 atom stereocenters. The molecule has 1 nitrogen and oxygen atoms in total. The Morgan fingerprint density at radius 2 is 0.500 bits per heavy atom. The van der Waals surface area contributed by atoms with Gasteiger partial charge in [-0.3, -0.25) is 5.41 Å². The van der Waals surface area contributed by atoms with Gasteiger partial charge in [0, 0.05) is 11.1 Å². The van der Waals surface area contributed by atoms with E-state index in [0.29, 0.717) is 5.71 Å².